The number of aromatic nitrogens is 3. The molecule has 4 rings (SSSR count). The fourth-order valence-corrected chi connectivity index (χ4v) is 2.67. The van der Waals surface area contributed by atoms with E-state index >= 15 is 0 Å². The lowest BCUT2D eigenvalue weighted by Gasteiger charge is -2.00. The molecule has 0 aliphatic carbocycles. The Kier molecular flexibility index (Phi) is 3.92. The van der Waals surface area contributed by atoms with Gasteiger partial charge in [0.1, 0.15) is 11.4 Å². The van der Waals surface area contributed by atoms with E-state index in [0.717, 1.165) is 11.1 Å². The Hall–Kier alpha value is -3.53. The highest BCUT2D eigenvalue weighted by molar-refractivity contribution is 5.95. The maximum Gasteiger partial charge on any atom is 0.295 e. The van der Waals surface area contributed by atoms with Crippen LogP contribution >= 0.6 is 0 Å². The van der Waals surface area contributed by atoms with Crippen LogP contribution in [-0.2, 0) is 0 Å². The van der Waals surface area contributed by atoms with Crippen LogP contribution in [0.3, 0.4) is 0 Å². The van der Waals surface area contributed by atoms with Crippen LogP contribution < -0.4 is 0 Å². The molecule has 4 nitrogen and oxygen atoms in total. The van der Waals surface area contributed by atoms with E-state index in [0.29, 0.717) is 17.0 Å². The molecule has 0 fully saturated rings. The Labute approximate surface area is 145 Å². The van der Waals surface area contributed by atoms with E-state index in [1.165, 1.54) is 4.80 Å². The van der Waals surface area contributed by atoms with Crippen molar-refractivity contribution in [3.05, 3.63) is 96.6 Å². The van der Waals surface area contributed by atoms with E-state index in [4.69, 9.17) is 0 Å². The van der Waals surface area contributed by atoms with Gasteiger partial charge in [0.05, 0.1) is 0 Å². The second kappa shape index (κ2) is 6.53. The minimum atomic E-state index is -0.250. The van der Waals surface area contributed by atoms with Gasteiger partial charge >= 0.3 is 0 Å². The van der Waals surface area contributed by atoms with Gasteiger partial charge in [-0.1, -0.05) is 78.9 Å². The van der Waals surface area contributed by atoms with E-state index in [2.05, 4.69) is 10.2 Å². The molecule has 1 aromatic heterocycles. The predicted molar refractivity (Wildman–Crippen MR) is 97.1 cm³/mol. The Morgan fingerprint density at radius 2 is 1.00 bits per heavy atom. The summed E-state index contributed by atoms with van der Waals surface area (Å²) in [6.07, 6.45) is 0. The summed E-state index contributed by atoms with van der Waals surface area (Å²) in [6, 6.07) is 28.6. The molecule has 0 radical (unpaired) electrons. The smallest absolute Gasteiger partial charge is 0.265 e. The van der Waals surface area contributed by atoms with Gasteiger partial charge in [0.15, 0.2) is 0 Å². The second-order valence-corrected chi connectivity index (χ2v) is 5.59. The highest BCUT2D eigenvalue weighted by Gasteiger charge is 2.19. The van der Waals surface area contributed by atoms with Crippen molar-refractivity contribution in [2.24, 2.45) is 0 Å². The van der Waals surface area contributed by atoms with Crippen molar-refractivity contribution in [3.8, 4) is 22.5 Å². The summed E-state index contributed by atoms with van der Waals surface area (Å²) in [5, 5.41) is 8.98. The zero-order valence-corrected chi connectivity index (χ0v) is 13.4. The first-order chi connectivity index (χ1) is 12.3. The predicted octanol–water partition coefficient (Wildman–Crippen LogP) is 4.30. The Morgan fingerprint density at radius 1 is 0.600 bits per heavy atom. The standard InChI is InChI=1S/C21H15N3O/c25-21(18-14-8-3-9-15-18)24-22-19(16-10-4-1-5-11-16)20(23-24)17-12-6-2-7-13-17/h1-15H. The average Bonchev–Trinajstić information content (AvgIpc) is 3.15. The third-order valence-electron chi connectivity index (χ3n) is 3.91. The molecule has 0 bridgehead atoms. The fraction of sp³-hybridized carbons (Fsp3) is 0. The Bertz CT molecular complexity index is 936. The lowest BCUT2D eigenvalue weighted by atomic mass is 10.1. The van der Waals surface area contributed by atoms with Gasteiger partial charge in [0.2, 0.25) is 0 Å². The van der Waals surface area contributed by atoms with Crippen molar-refractivity contribution >= 4 is 5.91 Å². The molecule has 0 aliphatic rings. The highest BCUT2D eigenvalue weighted by Crippen LogP contribution is 2.28. The molecule has 4 heteroatoms. The van der Waals surface area contributed by atoms with Crippen LogP contribution in [0, 0.1) is 0 Å². The van der Waals surface area contributed by atoms with Crippen molar-refractivity contribution in [1.29, 1.82) is 0 Å². The SMILES string of the molecule is O=C(c1ccccc1)n1nc(-c2ccccc2)c(-c2ccccc2)n1. The number of carbonyl (C=O) groups is 1. The Balaban J connectivity index is 1.86. The van der Waals surface area contributed by atoms with Gasteiger partial charge < -0.3 is 0 Å². The minimum absolute atomic E-state index is 0.250. The zero-order chi connectivity index (χ0) is 17.1. The van der Waals surface area contributed by atoms with Gasteiger partial charge in [0.25, 0.3) is 5.91 Å². The summed E-state index contributed by atoms with van der Waals surface area (Å²) < 4.78 is 0. The summed E-state index contributed by atoms with van der Waals surface area (Å²) in [5.41, 5.74) is 3.78. The van der Waals surface area contributed by atoms with Crippen LogP contribution in [0.25, 0.3) is 22.5 Å². The molecule has 0 N–H and O–H groups in total. The molecule has 1 heterocycles. The van der Waals surface area contributed by atoms with Crippen LogP contribution in [0.5, 0.6) is 0 Å². The van der Waals surface area contributed by atoms with E-state index < -0.39 is 0 Å². The molecule has 0 unspecified atom stereocenters. The maximum atomic E-state index is 12.7. The number of hydrogen-bond donors (Lipinski definition) is 0. The summed E-state index contributed by atoms with van der Waals surface area (Å²) in [5.74, 6) is -0.250. The minimum Gasteiger partial charge on any atom is -0.265 e. The van der Waals surface area contributed by atoms with Gasteiger partial charge in [-0.15, -0.1) is 15.0 Å². The average molecular weight is 325 g/mol. The summed E-state index contributed by atoms with van der Waals surface area (Å²) in [4.78, 5) is 13.9. The van der Waals surface area contributed by atoms with Crippen LogP contribution in [0.4, 0.5) is 0 Å². The number of hydrogen-bond acceptors (Lipinski definition) is 3. The van der Waals surface area contributed by atoms with E-state index in [1.807, 2.05) is 78.9 Å². The molecule has 0 atom stereocenters. The second-order valence-electron chi connectivity index (χ2n) is 5.59. The molecule has 0 aliphatic heterocycles. The van der Waals surface area contributed by atoms with E-state index in [-0.39, 0.29) is 5.91 Å². The summed E-state index contributed by atoms with van der Waals surface area (Å²) >= 11 is 0. The lowest BCUT2D eigenvalue weighted by molar-refractivity contribution is 0.0927. The molecule has 0 amide bonds. The van der Waals surface area contributed by atoms with E-state index in [1.54, 1.807) is 12.1 Å². The van der Waals surface area contributed by atoms with Crippen molar-refractivity contribution < 1.29 is 4.79 Å². The molecule has 0 spiro atoms. The lowest BCUT2D eigenvalue weighted by Crippen LogP contribution is -2.15. The van der Waals surface area contributed by atoms with Gasteiger partial charge in [-0.2, -0.15) is 0 Å². The van der Waals surface area contributed by atoms with Gasteiger partial charge in [-0.3, -0.25) is 4.79 Å². The molecule has 4 aromatic rings. The van der Waals surface area contributed by atoms with Crippen LogP contribution in [-0.4, -0.2) is 20.9 Å². The van der Waals surface area contributed by atoms with Gasteiger partial charge in [0, 0.05) is 16.7 Å². The molecule has 0 saturated carbocycles. The molecular formula is C21H15N3O. The topological polar surface area (TPSA) is 47.8 Å². The third kappa shape index (κ3) is 2.97. The summed E-state index contributed by atoms with van der Waals surface area (Å²) in [6.45, 7) is 0. The number of benzene rings is 3. The number of nitrogens with zero attached hydrogens (tertiary/aromatic N) is 3. The summed E-state index contributed by atoms with van der Waals surface area (Å²) in [7, 11) is 0. The largest absolute Gasteiger partial charge is 0.295 e. The zero-order valence-electron chi connectivity index (χ0n) is 13.4. The van der Waals surface area contributed by atoms with Gasteiger partial charge in [-0.05, 0) is 12.1 Å². The van der Waals surface area contributed by atoms with Crippen LogP contribution in [0.15, 0.2) is 91.0 Å². The number of rotatable bonds is 3. The third-order valence-corrected chi connectivity index (χ3v) is 3.91. The monoisotopic (exact) mass is 325 g/mol. The fourth-order valence-electron chi connectivity index (χ4n) is 2.67. The van der Waals surface area contributed by atoms with Crippen molar-refractivity contribution in [2.45, 2.75) is 0 Å². The Morgan fingerprint density at radius 3 is 1.44 bits per heavy atom. The number of carbonyl (C=O) groups excluding carboxylic acids is 1. The highest BCUT2D eigenvalue weighted by atomic mass is 16.2. The van der Waals surface area contributed by atoms with E-state index in [9.17, 15) is 4.79 Å². The maximum absolute atomic E-state index is 12.7. The molecule has 120 valence electrons. The van der Waals surface area contributed by atoms with Crippen molar-refractivity contribution in [2.75, 3.05) is 0 Å². The van der Waals surface area contributed by atoms with Gasteiger partial charge in [-0.25, -0.2) is 0 Å². The quantitative estimate of drug-likeness (QED) is 0.564. The van der Waals surface area contributed by atoms with Crippen molar-refractivity contribution in [1.82, 2.24) is 15.0 Å². The first-order valence-corrected chi connectivity index (χ1v) is 8.01. The first-order valence-electron chi connectivity index (χ1n) is 8.01. The van der Waals surface area contributed by atoms with Crippen molar-refractivity contribution in [3.63, 3.8) is 0 Å². The van der Waals surface area contributed by atoms with Crippen LogP contribution in [0.1, 0.15) is 10.4 Å². The molecule has 0 saturated heterocycles. The molecule has 3 aromatic carbocycles. The molecule has 25 heavy (non-hydrogen) atoms. The molecular weight excluding hydrogens is 310 g/mol. The normalized spacial score (nSPS) is 10.6. The first kappa shape index (κ1) is 15.0. The van der Waals surface area contributed by atoms with Crippen LogP contribution in [0.2, 0.25) is 0 Å².